The van der Waals surface area contributed by atoms with Crippen molar-refractivity contribution in [3.63, 3.8) is 0 Å². The van der Waals surface area contributed by atoms with Crippen LogP contribution in [0.1, 0.15) is 10.4 Å². The van der Waals surface area contributed by atoms with E-state index in [0.29, 0.717) is 16.7 Å². The van der Waals surface area contributed by atoms with Crippen LogP contribution in [0, 0.1) is 0 Å². The van der Waals surface area contributed by atoms with E-state index in [2.05, 4.69) is 15.5 Å². The molecule has 0 saturated carbocycles. The Morgan fingerprint density at radius 1 is 1.47 bits per heavy atom. The summed E-state index contributed by atoms with van der Waals surface area (Å²) in [4.78, 5) is 15.2. The Labute approximate surface area is 97.6 Å². The quantitative estimate of drug-likeness (QED) is 0.756. The van der Waals surface area contributed by atoms with Crippen LogP contribution in [0.5, 0.6) is 0 Å². The molecule has 0 amide bonds. The molecule has 0 saturated heterocycles. The first-order valence-electron chi connectivity index (χ1n) is 4.98. The molecular weight excluding hydrogens is 222 g/mol. The number of anilines is 1. The van der Waals surface area contributed by atoms with Gasteiger partial charge in [0.05, 0.1) is 17.3 Å². The lowest BCUT2D eigenvalue weighted by Crippen LogP contribution is -2.21. The highest BCUT2D eigenvalue weighted by atomic mass is 16.4. The van der Waals surface area contributed by atoms with Gasteiger partial charge in [0, 0.05) is 27.3 Å². The highest BCUT2D eigenvalue weighted by Crippen LogP contribution is 2.25. The second-order valence-electron chi connectivity index (χ2n) is 3.86. The molecule has 0 aliphatic rings. The molecule has 0 unspecified atom stereocenters. The van der Waals surface area contributed by atoms with E-state index in [0.717, 1.165) is 0 Å². The fourth-order valence-corrected chi connectivity index (χ4v) is 1.60. The molecule has 0 aliphatic heterocycles. The molecule has 0 aliphatic carbocycles. The molecule has 0 aromatic carbocycles. The summed E-state index contributed by atoms with van der Waals surface area (Å²) in [5.74, 6) is -1.02. The van der Waals surface area contributed by atoms with E-state index in [-0.39, 0.29) is 5.56 Å². The first-order valence-corrected chi connectivity index (χ1v) is 4.98. The van der Waals surface area contributed by atoms with Gasteiger partial charge in [-0.25, -0.2) is 14.8 Å². The average molecular weight is 235 g/mol. The molecule has 90 valence electrons. The second kappa shape index (κ2) is 4.02. The molecule has 0 atom stereocenters. The Morgan fingerprint density at radius 2 is 2.18 bits per heavy atom. The van der Waals surface area contributed by atoms with Gasteiger partial charge in [0.2, 0.25) is 0 Å². The van der Waals surface area contributed by atoms with Crippen LogP contribution >= 0.6 is 0 Å². The van der Waals surface area contributed by atoms with Crippen molar-refractivity contribution in [3.05, 3.63) is 18.0 Å². The molecular formula is C10H13N5O2. The van der Waals surface area contributed by atoms with Crippen LogP contribution in [-0.4, -0.2) is 44.9 Å². The summed E-state index contributed by atoms with van der Waals surface area (Å²) in [5.41, 5.74) is 4.23. The molecule has 0 radical (unpaired) electrons. The zero-order valence-corrected chi connectivity index (χ0v) is 9.80. The third kappa shape index (κ3) is 1.92. The van der Waals surface area contributed by atoms with Crippen molar-refractivity contribution in [2.75, 3.05) is 19.5 Å². The number of nitrogens with one attached hydrogen (secondary N) is 1. The van der Waals surface area contributed by atoms with Crippen LogP contribution in [0.25, 0.3) is 11.0 Å². The monoisotopic (exact) mass is 235 g/mol. The van der Waals surface area contributed by atoms with E-state index in [1.165, 1.54) is 6.20 Å². The van der Waals surface area contributed by atoms with Crippen molar-refractivity contribution < 1.29 is 9.90 Å². The standard InChI is InChI=1S/C10H13N5O2/c1-14(2)13-8-6-5-12-15(3)9(6)11-4-7(8)10(16)17/h4-5H,1-3H3,(H,11,13)(H,16,17). The van der Waals surface area contributed by atoms with Crippen molar-refractivity contribution in [2.45, 2.75) is 0 Å². The fraction of sp³-hybridized carbons (Fsp3) is 0.300. The maximum atomic E-state index is 11.1. The molecule has 0 bridgehead atoms. The summed E-state index contributed by atoms with van der Waals surface area (Å²) in [6.45, 7) is 0. The van der Waals surface area contributed by atoms with Crippen molar-refractivity contribution in [2.24, 2.45) is 7.05 Å². The number of nitrogens with zero attached hydrogens (tertiary/aromatic N) is 4. The Hall–Kier alpha value is -2.15. The van der Waals surface area contributed by atoms with Gasteiger partial charge in [0.1, 0.15) is 5.56 Å². The Balaban J connectivity index is 2.70. The van der Waals surface area contributed by atoms with Crippen LogP contribution in [-0.2, 0) is 7.05 Å². The van der Waals surface area contributed by atoms with Gasteiger partial charge < -0.3 is 10.5 Å². The third-order valence-electron chi connectivity index (χ3n) is 2.33. The minimum atomic E-state index is -1.02. The summed E-state index contributed by atoms with van der Waals surface area (Å²) in [5, 5.41) is 15.5. The maximum absolute atomic E-state index is 11.1. The molecule has 2 aromatic rings. The molecule has 0 spiro atoms. The number of carboxylic acid groups (broad SMARTS) is 1. The molecule has 7 heteroatoms. The van der Waals surface area contributed by atoms with Crippen LogP contribution in [0.3, 0.4) is 0 Å². The predicted octanol–water partition coefficient (Wildman–Crippen LogP) is 0.555. The summed E-state index contributed by atoms with van der Waals surface area (Å²) in [6.07, 6.45) is 2.93. The van der Waals surface area contributed by atoms with Crippen molar-refractivity contribution in [1.29, 1.82) is 0 Å². The van der Waals surface area contributed by atoms with E-state index < -0.39 is 5.97 Å². The summed E-state index contributed by atoms with van der Waals surface area (Å²) in [6, 6.07) is 0. The van der Waals surface area contributed by atoms with Gasteiger partial charge in [-0.1, -0.05) is 0 Å². The van der Waals surface area contributed by atoms with Gasteiger partial charge in [-0.2, -0.15) is 5.10 Å². The number of aromatic nitrogens is 3. The van der Waals surface area contributed by atoms with Gasteiger partial charge in [0.15, 0.2) is 5.65 Å². The number of aromatic carboxylic acids is 1. The Morgan fingerprint density at radius 3 is 2.76 bits per heavy atom. The minimum absolute atomic E-state index is 0.124. The van der Waals surface area contributed by atoms with E-state index in [1.807, 2.05) is 0 Å². The van der Waals surface area contributed by atoms with Crippen LogP contribution in [0.4, 0.5) is 5.69 Å². The topological polar surface area (TPSA) is 83.3 Å². The number of hydrogen-bond acceptors (Lipinski definition) is 5. The number of hydrazine groups is 1. The van der Waals surface area contributed by atoms with E-state index in [4.69, 9.17) is 5.11 Å². The molecule has 2 aromatic heterocycles. The highest BCUT2D eigenvalue weighted by Gasteiger charge is 2.17. The Bertz CT molecular complexity index is 575. The third-order valence-corrected chi connectivity index (χ3v) is 2.33. The molecule has 2 N–H and O–H groups in total. The highest BCUT2D eigenvalue weighted by molar-refractivity contribution is 6.03. The van der Waals surface area contributed by atoms with Crippen molar-refractivity contribution in [3.8, 4) is 0 Å². The lowest BCUT2D eigenvalue weighted by Gasteiger charge is -2.16. The molecule has 17 heavy (non-hydrogen) atoms. The van der Waals surface area contributed by atoms with E-state index in [9.17, 15) is 4.79 Å². The van der Waals surface area contributed by atoms with Gasteiger partial charge in [-0.3, -0.25) is 4.68 Å². The lowest BCUT2D eigenvalue weighted by molar-refractivity contribution is 0.0697. The van der Waals surface area contributed by atoms with Gasteiger partial charge in [-0.05, 0) is 0 Å². The predicted molar refractivity (Wildman–Crippen MR) is 62.8 cm³/mol. The SMILES string of the molecule is CN(C)Nc1c(C(=O)O)cnc2c1cnn2C. The van der Waals surface area contributed by atoms with E-state index >= 15 is 0 Å². The largest absolute Gasteiger partial charge is 0.478 e. The summed E-state index contributed by atoms with van der Waals surface area (Å²) < 4.78 is 1.60. The molecule has 2 rings (SSSR count). The van der Waals surface area contributed by atoms with Gasteiger partial charge in [0.25, 0.3) is 0 Å². The average Bonchev–Trinajstić information content (AvgIpc) is 2.60. The number of hydrogen-bond donors (Lipinski definition) is 2. The van der Waals surface area contributed by atoms with Gasteiger partial charge in [-0.15, -0.1) is 0 Å². The molecule has 2 heterocycles. The number of fused-ring (bicyclic) bond motifs is 1. The smallest absolute Gasteiger partial charge is 0.339 e. The maximum Gasteiger partial charge on any atom is 0.339 e. The van der Waals surface area contributed by atoms with Crippen molar-refractivity contribution in [1.82, 2.24) is 19.8 Å². The number of rotatable bonds is 3. The second-order valence-corrected chi connectivity index (χ2v) is 3.86. The zero-order valence-electron chi connectivity index (χ0n) is 9.80. The first-order chi connectivity index (χ1) is 8.00. The first kappa shape index (κ1) is 11.3. The molecule has 7 nitrogen and oxygen atoms in total. The van der Waals surface area contributed by atoms with Crippen LogP contribution < -0.4 is 5.43 Å². The summed E-state index contributed by atoms with van der Waals surface area (Å²) in [7, 11) is 5.33. The minimum Gasteiger partial charge on any atom is -0.478 e. The van der Waals surface area contributed by atoms with E-state index in [1.54, 1.807) is 37.0 Å². The fourth-order valence-electron chi connectivity index (χ4n) is 1.60. The zero-order chi connectivity index (χ0) is 12.6. The number of aryl methyl sites for hydroxylation is 1. The Kier molecular flexibility index (Phi) is 2.68. The summed E-state index contributed by atoms with van der Waals surface area (Å²) >= 11 is 0. The normalized spacial score (nSPS) is 11.1. The van der Waals surface area contributed by atoms with Gasteiger partial charge >= 0.3 is 5.97 Å². The lowest BCUT2D eigenvalue weighted by atomic mass is 10.2. The van der Waals surface area contributed by atoms with Crippen LogP contribution in [0.15, 0.2) is 12.4 Å². The van der Waals surface area contributed by atoms with Crippen LogP contribution in [0.2, 0.25) is 0 Å². The van der Waals surface area contributed by atoms with Crippen molar-refractivity contribution >= 4 is 22.7 Å². The number of carbonyl (C=O) groups is 1. The number of pyridine rings is 1. The molecule has 0 fully saturated rings. The number of carboxylic acids is 1.